The maximum atomic E-state index is 10.1. The molecule has 0 fully saturated rings. The van der Waals surface area contributed by atoms with Crippen LogP contribution in [0.4, 0.5) is 0 Å². The summed E-state index contributed by atoms with van der Waals surface area (Å²) in [4.78, 5) is 13.7. The van der Waals surface area contributed by atoms with Crippen LogP contribution < -0.4 is 22.5 Å². The molecule has 11 heteroatoms. The van der Waals surface area contributed by atoms with Gasteiger partial charge in [-0.1, -0.05) is 0 Å². The standard InChI is InChI=1S/2C4H4N2O.Cu.2H3N.2H2O/c2*7-4-1-2-5-3-6-4;;;;;/h2*1-3H,(H,5,6,7);;2*1H3;2*1H2. The zero-order valence-corrected chi connectivity index (χ0v) is 10.9. The Morgan fingerprint density at radius 3 is 1.16 bits per heavy atom. The number of nitrogens with zero attached hydrogens (tertiary/aromatic N) is 4. The summed E-state index contributed by atoms with van der Waals surface area (Å²) in [5.41, 5.74) is 0. The Labute approximate surface area is 120 Å². The van der Waals surface area contributed by atoms with Crippen LogP contribution in [0.25, 0.3) is 0 Å². The Kier molecular flexibility index (Phi) is 29.5. The van der Waals surface area contributed by atoms with Gasteiger partial charge in [0.1, 0.15) is 12.7 Å². The van der Waals surface area contributed by atoms with E-state index in [4.69, 9.17) is 0 Å². The monoisotopic (exact) mass is 325 g/mol. The van der Waals surface area contributed by atoms with E-state index in [-0.39, 0.29) is 52.1 Å². The van der Waals surface area contributed by atoms with Gasteiger partial charge in [0.2, 0.25) is 0 Å². The second-order valence-corrected chi connectivity index (χ2v) is 2.10. The molecule has 115 valence electrons. The van der Waals surface area contributed by atoms with Gasteiger partial charge >= 0.3 is 0 Å². The van der Waals surface area contributed by atoms with E-state index in [1.165, 1.54) is 37.2 Å². The van der Waals surface area contributed by atoms with Crippen molar-refractivity contribution in [2.24, 2.45) is 0 Å². The van der Waals surface area contributed by atoms with Crippen LogP contribution in [0.2, 0.25) is 0 Å². The van der Waals surface area contributed by atoms with Crippen LogP contribution in [0.5, 0.6) is 11.8 Å². The van der Waals surface area contributed by atoms with E-state index >= 15 is 0 Å². The molecule has 0 saturated heterocycles. The van der Waals surface area contributed by atoms with E-state index in [1.54, 1.807) is 0 Å². The van der Waals surface area contributed by atoms with Crippen molar-refractivity contribution in [2.45, 2.75) is 0 Å². The quantitative estimate of drug-likeness (QED) is 0.389. The molecule has 0 aromatic carbocycles. The minimum absolute atomic E-state index is 0. The molecular weight excluding hydrogens is 308 g/mol. The van der Waals surface area contributed by atoms with Crippen molar-refractivity contribution in [3.05, 3.63) is 37.2 Å². The van der Waals surface area contributed by atoms with Gasteiger partial charge in [-0.3, -0.25) is 9.97 Å². The summed E-state index contributed by atoms with van der Waals surface area (Å²) in [7, 11) is 0. The minimum atomic E-state index is -0.241. The SMILES string of the molecule is N.N.[Cu].[O-]c1ccncn1.[O-]c1ccncn1.[OH3+].[OH3+]. The summed E-state index contributed by atoms with van der Waals surface area (Å²) < 4.78 is 0. The molecule has 2 aromatic heterocycles. The third kappa shape index (κ3) is 16.1. The Hall–Kier alpha value is -1.88. The van der Waals surface area contributed by atoms with Crippen LogP contribution in [0, 0.1) is 0 Å². The Morgan fingerprint density at radius 1 is 0.737 bits per heavy atom. The number of hydrogen-bond acceptors (Lipinski definition) is 8. The summed E-state index contributed by atoms with van der Waals surface area (Å²) in [5.74, 6) is -0.481. The predicted octanol–water partition coefficient (Wildman–Crippen LogP) is -2.42. The molecule has 2 aromatic rings. The number of hydrogen-bond donors (Lipinski definition) is 2. The zero-order chi connectivity index (χ0) is 10.2. The molecule has 0 atom stereocenters. The first-order valence-electron chi connectivity index (χ1n) is 3.65. The van der Waals surface area contributed by atoms with Gasteiger partial charge in [-0.2, -0.15) is 0 Å². The van der Waals surface area contributed by atoms with Gasteiger partial charge in [0.15, 0.2) is 0 Å². The molecule has 0 aliphatic rings. The summed E-state index contributed by atoms with van der Waals surface area (Å²) in [6.07, 6.45) is 5.27. The fourth-order valence-electron chi connectivity index (χ4n) is 0.557. The summed E-state index contributed by atoms with van der Waals surface area (Å²) in [6.45, 7) is 0. The fraction of sp³-hybridized carbons (Fsp3) is 0. The third-order valence-corrected chi connectivity index (χ3v) is 1.11. The van der Waals surface area contributed by atoms with Crippen LogP contribution in [-0.4, -0.2) is 19.9 Å². The van der Waals surface area contributed by atoms with E-state index in [0.717, 1.165) is 0 Å². The molecule has 0 aliphatic heterocycles. The van der Waals surface area contributed by atoms with Gasteiger partial charge in [-0.05, 0) is 23.9 Å². The molecule has 2 heterocycles. The molecule has 1 radical (unpaired) electrons. The smallest absolute Gasteiger partial charge is 0.114 e. The van der Waals surface area contributed by atoms with Crippen molar-refractivity contribution in [3.8, 4) is 11.8 Å². The second-order valence-electron chi connectivity index (χ2n) is 2.10. The van der Waals surface area contributed by atoms with Gasteiger partial charge in [-0.25, -0.2) is 9.97 Å². The molecule has 0 bridgehead atoms. The Morgan fingerprint density at radius 2 is 1.05 bits per heavy atom. The molecule has 0 aliphatic carbocycles. The zero-order valence-electron chi connectivity index (χ0n) is 9.94. The second kappa shape index (κ2) is 18.5. The van der Waals surface area contributed by atoms with Gasteiger partial charge in [-0.15, -0.1) is 0 Å². The van der Waals surface area contributed by atoms with Crippen molar-refractivity contribution >= 4 is 0 Å². The number of rotatable bonds is 0. The average molecular weight is 326 g/mol. The van der Waals surface area contributed by atoms with Crippen LogP contribution in [0.3, 0.4) is 0 Å². The van der Waals surface area contributed by atoms with Gasteiger partial charge in [0.25, 0.3) is 0 Å². The third-order valence-electron chi connectivity index (χ3n) is 1.11. The predicted molar refractivity (Wildman–Crippen MR) is 62.7 cm³/mol. The van der Waals surface area contributed by atoms with Crippen molar-refractivity contribution in [1.82, 2.24) is 32.2 Å². The van der Waals surface area contributed by atoms with E-state index in [1.807, 2.05) is 0 Å². The van der Waals surface area contributed by atoms with Crippen molar-refractivity contribution in [1.29, 1.82) is 0 Å². The van der Waals surface area contributed by atoms with Crippen molar-refractivity contribution in [2.75, 3.05) is 0 Å². The first-order valence-corrected chi connectivity index (χ1v) is 3.65. The molecule has 19 heavy (non-hydrogen) atoms. The van der Waals surface area contributed by atoms with Crippen molar-refractivity contribution < 1.29 is 38.2 Å². The summed E-state index contributed by atoms with van der Waals surface area (Å²) >= 11 is 0. The normalized spacial score (nSPS) is 6.32. The largest absolute Gasteiger partial charge is 0.859 e. The van der Waals surface area contributed by atoms with E-state index in [2.05, 4.69) is 19.9 Å². The van der Waals surface area contributed by atoms with E-state index < -0.39 is 0 Å². The molecule has 0 saturated carbocycles. The maximum absolute atomic E-state index is 10.1. The van der Waals surface area contributed by atoms with Crippen molar-refractivity contribution in [3.63, 3.8) is 0 Å². The van der Waals surface area contributed by atoms with Crippen LogP contribution in [-0.2, 0) is 28.0 Å². The van der Waals surface area contributed by atoms with E-state index in [9.17, 15) is 10.2 Å². The van der Waals surface area contributed by atoms with Crippen LogP contribution in [0.15, 0.2) is 37.2 Å². The Balaban J connectivity index is -0.0000000544. The fourth-order valence-corrected chi connectivity index (χ4v) is 0.557. The summed E-state index contributed by atoms with van der Waals surface area (Å²) in [5, 5.41) is 20.2. The molecule has 12 N–H and O–H groups in total. The molecule has 0 unspecified atom stereocenters. The molecule has 10 nitrogen and oxygen atoms in total. The molecule has 2 rings (SSSR count). The van der Waals surface area contributed by atoms with Gasteiger partial charge in [0.05, 0.1) is 0 Å². The van der Waals surface area contributed by atoms with Gasteiger partial charge < -0.3 is 33.5 Å². The molecule has 0 amide bonds. The molecular formula is C8H18CuN6O4. The van der Waals surface area contributed by atoms with E-state index in [0.29, 0.717) is 0 Å². The van der Waals surface area contributed by atoms with Crippen LogP contribution >= 0.6 is 0 Å². The topological polar surface area (TPSA) is 234 Å². The minimum Gasteiger partial charge on any atom is -0.859 e. The summed E-state index contributed by atoms with van der Waals surface area (Å²) in [6, 6.07) is 2.61. The van der Waals surface area contributed by atoms with Crippen LogP contribution in [0.1, 0.15) is 0 Å². The average Bonchev–Trinajstić information content (AvgIpc) is 2.21. The first kappa shape index (κ1) is 30.3. The Bertz CT molecular complexity index is 331. The van der Waals surface area contributed by atoms with Gasteiger partial charge in [0, 0.05) is 29.5 Å². The number of aromatic nitrogens is 4. The molecule has 0 spiro atoms. The maximum Gasteiger partial charge on any atom is 0.114 e. The first-order chi connectivity index (χ1) is 6.79.